The van der Waals surface area contributed by atoms with Crippen LogP contribution in [0.3, 0.4) is 0 Å². The summed E-state index contributed by atoms with van der Waals surface area (Å²) >= 11 is 12.0. The van der Waals surface area contributed by atoms with E-state index in [0.717, 1.165) is 37.7 Å². The number of anilines is 1. The fourth-order valence-electron chi connectivity index (χ4n) is 2.91. The van der Waals surface area contributed by atoms with Gasteiger partial charge in [-0.2, -0.15) is 0 Å². The van der Waals surface area contributed by atoms with Crippen molar-refractivity contribution in [3.63, 3.8) is 0 Å². The number of para-hydroxylation sites is 1. The van der Waals surface area contributed by atoms with Crippen LogP contribution in [-0.4, -0.2) is 48.4 Å². The number of hydrogen-bond donors (Lipinski definition) is 1. The van der Waals surface area contributed by atoms with Gasteiger partial charge in [-0.1, -0.05) is 47.5 Å². The van der Waals surface area contributed by atoms with Gasteiger partial charge in [0.2, 0.25) is 5.91 Å². The summed E-state index contributed by atoms with van der Waals surface area (Å²) in [5.74, 6) is -0.0285. The molecule has 1 amide bonds. The second-order valence-electron chi connectivity index (χ2n) is 6.21. The van der Waals surface area contributed by atoms with Gasteiger partial charge in [0.05, 0.1) is 17.3 Å². The van der Waals surface area contributed by atoms with Crippen molar-refractivity contribution in [1.29, 1.82) is 0 Å². The first-order valence-corrected chi connectivity index (χ1v) is 9.09. The van der Waals surface area contributed by atoms with E-state index in [1.165, 1.54) is 5.56 Å². The van der Waals surface area contributed by atoms with Crippen molar-refractivity contribution >= 4 is 34.8 Å². The predicted octanol–water partition coefficient (Wildman–Crippen LogP) is 3.75. The lowest BCUT2D eigenvalue weighted by Crippen LogP contribution is -2.48. The number of rotatable bonds is 5. The van der Waals surface area contributed by atoms with Crippen LogP contribution in [0.2, 0.25) is 10.0 Å². The number of nitrogens with one attached hydrogen (secondary N) is 1. The first-order chi connectivity index (χ1) is 12.1. The number of halogens is 2. The van der Waals surface area contributed by atoms with Gasteiger partial charge in [0.15, 0.2) is 0 Å². The summed E-state index contributed by atoms with van der Waals surface area (Å²) in [5, 5.41) is 4.20. The Kier molecular flexibility index (Phi) is 6.32. The Labute approximate surface area is 158 Å². The zero-order chi connectivity index (χ0) is 17.6. The Morgan fingerprint density at radius 3 is 2.24 bits per heavy atom. The number of carbonyl (C=O) groups excluding carboxylic acids is 1. The van der Waals surface area contributed by atoms with Crippen molar-refractivity contribution < 1.29 is 4.79 Å². The van der Waals surface area contributed by atoms with Crippen molar-refractivity contribution in [1.82, 2.24) is 9.80 Å². The molecule has 25 heavy (non-hydrogen) atoms. The molecule has 0 aromatic heterocycles. The fraction of sp³-hybridized carbons (Fsp3) is 0.316. The lowest BCUT2D eigenvalue weighted by atomic mass is 10.2. The number of amides is 1. The highest BCUT2D eigenvalue weighted by atomic mass is 35.5. The lowest BCUT2D eigenvalue weighted by Gasteiger charge is -2.34. The third-order valence-corrected chi connectivity index (χ3v) is 4.88. The zero-order valence-corrected chi connectivity index (χ0v) is 15.4. The number of hydrogen-bond acceptors (Lipinski definition) is 3. The molecule has 0 unspecified atom stereocenters. The summed E-state index contributed by atoms with van der Waals surface area (Å²) in [4.78, 5) is 16.8. The SMILES string of the molecule is O=C(CN1CCN(Cc2ccc(Cl)cc2)CC1)Nc1ccccc1Cl. The first-order valence-electron chi connectivity index (χ1n) is 8.34. The molecule has 0 atom stereocenters. The fourth-order valence-corrected chi connectivity index (χ4v) is 3.22. The van der Waals surface area contributed by atoms with Crippen LogP contribution in [0.25, 0.3) is 0 Å². The lowest BCUT2D eigenvalue weighted by molar-refractivity contribution is -0.117. The maximum Gasteiger partial charge on any atom is 0.238 e. The third-order valence-electron chi connectivity index (χ3n) is 4.30. The van der Waals surface area contributed by atoms with Crippen molar-refractivity contribution in [2.45, 2.75) is 6.54 Å². The molecule has 1 N–H and O–H groups in total. The second-order valence-corrected chi connectivity index (χ2v) is 7.05. The number of nitrogens with zero attached hydrogens (tertiary/aromatic N) is 2. The summed E-state index contributed by atoms with van der Waals surface area (Å²) in [7, 11) is 0. The van der Waals surface area contributed by atoms with Crippen LogP contribution < -0.4 is 5.32 Å². The van der Waals surface area contributed by atoms with Crippen molar-refractivity contribution in [2.75, 3.05) is 38.0 Å². The van der Waals surface area contributed by atoms with E-state index in [9.17, 15) is 4.79 Å². The van der Waals surface area contributed by atoms with Gasteiger partial charge in [-0.05, 0) is 29.8 Å². The molecule has 0 saturated carbocycles. The topological polar surface area (TPSA) is 35.6 Å². The summed E-state index contributed by atoms with van der Waals surface area (Å²) < 4.78 is 0. The predicted molar refractivity (Wildman–Crippen MR) is 103 cm³/mol. The van der Waals surface area contributed by atoms with Gasteiger partial charge in [-0.15, -0.1) is 0 Å². The molecule has 1 heterocycles. The van der Waals surface area contributed by atoms with Gasteiger partial charge in [0.25, 0.3) is 0 Å². The second kappa shape index (κ2) is 8.68. The van der Waals surface area contributed by atoms with Gasteiger partial charge in [0, 0.05) is 37.7 Å². The van der Waals surface area contributed by atoms with Gasteiger partial charge in [0.1, 0.15) is 0 Å². The van der Waals surface area contributed by atoms with E-state index in [-0.39, 0.29) is 5.91 Å². The molecule has 1 fully saturated rings. The zero-order valence-electron chi connectivity index (χ0n) is 13.9. The molecule has 2 aromatic carbocycles. The molecule has 0 bridgehead atoms. The molecular formula is C19H21Cl2N3O. The normalized spacial score (nSPS) is 15.9. The van der Waals surface area contributed by atoms with Gasteiger partial charge >= 0.3 is 0 Å². The van der Waals surface area contributed by atoms with Crippen LogP contribution in [0.1, 0.15) is 5.56 Å². The molecule has 2 aromatic rings. The maximum atomic E-state index is 12.2. The molecule has 1 saturated heterocycles. The minimum absolute atomic E-state index is 0.0285. The van der Waals surface area contributed by atoms with Crippen LogP contribution in [-0.2, 0) is 11.3 Å². The monoisotopic (exact) mass is 377 g/mol. The molecule has 6 heteroatoms. The highest BCUT2D eigenvalue weighted by molar-refractivity contribution is 6.33. The molecule has 0 radical (unpaired) electrons. The van der Waals surface area contributed by atoms with Crippen molar-refractivity contribution in [3.8, 4) is 0 Å². The molecule has 3 rings (SSSR count). The number of carbonyl (C=O) groups is 1. The van der Waals surface area contributed by atoms with E-state index in [1.54, 1.807) is 6.07 Å². The van der Waals surface area contributed by atoms with Gasteiger partial charge in [-0.3, -0.25) is 14.6 Å². The number of piperazine rings is 1. The minimum atomic E-state index is -0.0285. The summed E-state index contributed by atoms with van der Waals surface area (Å²) in [6.45, 7) is 4.95. The van der Waals surface area contributed by atoms with E-state index in [1.807, 2.05) is 30.3 Å². The van der Waals surface area contributed by atoms with Crippen LogP contribution in [0, 0.1) is 0 Å². The largest absolute Gasteiger partial charge is 0.324 e. The van der Waals surface area contributed by atoms with Crippen LogP contribution >= 0.6 is 23.2 Å². The average Bonchev–Trinajstić information content (AvgIpc) is 2.61. The average molecular weight is 378 g/mol. The quantitative estimate of drug-likeness (QED) is 0.861. The van der Waals surface area contributed by atoms with E-state index in [4.69, 9.17) is 23.2 Å². The highest BCUT2D eigenvalue weighted by Gasteiger charge is 2.19. The Bertz CT molecular complexity index is 713. The van der Waals surface area contributed by atoms with Gasteiger partial charge in [-0.25, -0.2) is 0 Å². The van der Waals surface area contributed by atoms with E-state index >= 15 is 0 Å². The molecule has 1 aliphatic rings. The molecule has 1 aliphatic heterocycles. The Hall–Kier alpha value is -1.59. The number of benzene rings is 2. The third kappa shape index (κ3) is 5.44. The molecular weight excluding hydrogens is 357 g/mol. The summed E-state index contributed by atoms with van der Waals surface area (Å²) in [5.41, 5.74) is 1.92. The summed E-state index contributed by atoms with van der Waals surface area (Å²) in [6, 6.07) is 15.3. The van der Waals surface area contributed by atoms with Crippen molar-refractivity contribution in [2.24, 2.45) is 0 Å². The van der Waals surface area contributed by atoms with Crippen molar-refractivity contribution in [3.05, 3.63) is 64.1 Å². The Morgan fingerprint density at radius 1 is 0.920 bits per heavy atom. The molecule has 0 aliphatic carbocycles. The standard InChI is InChI=1S/C19H21Cl2N3O/c20-16-7-5-15(6-8-16)13-23-9-11-24(12-10-23)14-19(25)22-18-4-2-1-3-17(18)21/h1-8H,9-14H2,(H,22,25). The van der Waals surface area contributed by atoms with E-state index in [0.29, 0.717) is 17.3 Å². The van der Waals surface area contributed by atoms with Crippen LogP contribution in [0.15, 0.2) is 48.5 Å². The molecule has 0 spiro atoms. The maximum absolute atomic E-state index is 12.2. The van der Waals surface area contributed by atoms with Crippen LogP contribution in [0.4, 0.5) is 5.69 Å². The van der Waals surface area contributed by atoms with E-state index < -0.39 is 0 Å². The van der Waals surface area contributed by atoms with Gasteiger partial charge < -0.3 is 5.32 Å². The molecule has 4 nitrogen and oxygen atoms in total. The Morgan fingerprint density at radius 2 is 1.56 bits per heavy atom. The Balaban J connectivity index is 1.43. The highest BCUT2D eigenvalue weighted by Crippen LogP contribution is 2.20. The summed E-state index contributed by atoms with van der Waals surface area (Å²) in [6.07, 6.45) is 0. The van der Waals surface area contributed by atoms with Crippen LogP contribution in [0.5, 0.6) is 0 Å². The minimum Gasteiger partial charge on any atom is -0.324 e. The molecule has 132 valence electrons. The smallest absolute Gasteiger partial charge is 0.238 e. The van der Waals surface area contributed by atoms with E-state index in [2.05, 4.69) is 27.2 Å². The first kappa shape index (κ1) is 18.2.